The van der Waals surface area contributed by atoms with Gasteiger partial charge in [-0.25, -0.2) is 0 Å². The van der Waals surface area contributed by atoms with Crippen molar-refractivity contribution in [3.63, 3.8) is 0 Å². The van der Waals surface area contributed by atoms with Crippen LogP contribution >= 0.6 is 0 Å². The maximum absolute atomic E-state index is 12.3. The summed E-state index contributed by atoms with van der Waals surface area (Å²) in [6.45, 7) is 4.17. The molecule has 1 aromatic carbocycles. The highest BCUT2D eigenvalue weighted by atomic mass is 16.5. The maximum Gasteiger partial charge on any atom is 0.273 e. The number of rotatable bonds is 5. The Morgan fingerprint density at radius 1 is 1.38 bits per heavy atom. The van der Waals surface area contributed by atoms with E-state index in [9.17, 15) is 4.79 Å². The number of piperidine rings is 1. The monoisotopic (exact) mass is 355 g/mol. The van der Waals surface area contributed by atoms with Crippen molar-refractivity contribution in [1.29, 1.82) is 0 Å². The number of hydrogen-bond acceptors (Lipinski definition) is 5. The number of nitrogens with one attached hydrogen (secondary N) is 2. The molecule has 0 spiro atoms. The van der Waals surface area contributed by atoms with Crippen LogP contribution in [0, 0.1) is 5.92 Å². The Labute approximate surface area is 153 Å². The quantitative estimate of drug-likeness (QED) is 0.850. The molecule has 2 N–H and O–H groups in total. The van der Waals surface area contributed by atoms with Crippen LogP contribution in [0.3, 0.4) is 0 Å². The molecule has 0 saturated carbocycles. The van der Waals surface area contributed by atoms with E-state index < -0.39 is 0 Å². The van der Waals surface area contributed by atoms with Gasteiger partial charge >= 0.3 is 0 Å². The molecule has 0 radical (unpaired) electrons. The number of benzene rings is 1. The lowest BCUT2D eigenvalue weighted by molar-refractivity contribution is 0.0946. The van der Waals surface area contributed by atoms with E-state index in [1.54, 1.807) is 10.9 Å². The summed E-state index contributed by atoms with van der Waals surface area (Å²) in [6.07, 6.45) is 6.20. The highest BCUT2D eigenvalue weighted by Gasteiger charge is 2.16. The van der Waals surface area contributed by atoms with E-state index in [0.29, 0.717) is 18.2 Å². The molecule has 7 nitrogen and oxygen atoms in total. The third kappa shape index (κ3) is 4.04. The summed E-state index contributed by atoms with van der Waals surface area (Å²) in [5, 5.41) is 14.5. The van der Waals surface area contributed by atoms with Gasteiger partial charge in [0.2, 0.25) is 0 Å². The molecule has 1 atom stereocenters. The predicted molar refractivity (Wildman–Crippen MR) is 97.0 cm³/mol. The van der Waals surface area contributed by atoms with Gasteiger partial charge in [-0.1, -0.05) is 17.3 Å². The number of aromatic nitrogens is 3. The van der Waals surface area contributed by atoms with Gasteiger partial charge in [0.15, 0.2) is 5.69 Å². The first-order valence-electron chi connectivity index (χ1n) is 9.41. The fraction of sp³-hybridized carbons (Fsp3) is 0.526. The van der Waals surface area contributed by atoms with Crippen LogP contribution in [0.5, 0.6) is 5.75 Å². The van der Waals surface area contributed by atoms with Crippen LogP contribution < -0.4 is 15.4 Å². The summed E-state index contributed by atoms with van der Waals surface area (Å²) in [6, 6.07) is 6.10. The molecule has 26 heavy (non-hydrogen) atoms. The molecule has 7 heteroatoms. The fourth-order valence-electron chi connectivity index (χ4n) is 3.63. The largest absolute Gasteiger partial charge is 0.493 e. The Morgan fingerprint density at radius 3 is 3.23 bits per heavy atom. The smallest absolute Gasteiger partial charge is 0.273 e. The van der Waals surface area contributed by atoms with Crippen LogP contribution in [-0.4, -0.2) is 40.6 Å². The first-order valence-corrected chi connectivity index (χ1v) is 9.41. The van der Waals surface area contributed by atoms with Crippen LogP contribution in [0.15, 0.2) is 24.4 Å². The minimum absolute atomic E-state index is 0.188. The molecule has 0 bridgehead atoms. The van der Waals surface area contributed by atoms with Gasteiger partial charge in [0.1, 0.15) is 5.75 Å². The van der Waals surface area contributed by atoms with Crippen LogP contribution in [0.1, 0.15) is 40.9 Å². The highest BCUT2D eigenvalue weighted by Crippen LogP contribution is 2.25. The van der Waals surface area contributed by atoms with Gasteiger partial charge in [-0.15, -0.1) is 5.10 Å². The Hall–Kier alpha value is -2.41. The standard InChI is InChI=1S/C19H25N5O2/c25-19(17-13-24(23-22-17)12-15-3-1-7-20-10-15)21-11-14-5-6-18-16(9-14)4-2-8-26-18/h5-6,9,13,15,20H,1-4,7-8,10-12H2,(H,21,25). The van der Waals surface area contributed by atoms with Crippen molar-refractivity contribution < 1.29 is 9.53 Å². The van der Waals surface area contributed by atoms with Crippen molar-refractivity contribution in [2.75, 3.05) is 19.7 Å². The predicted octanol–water partition coefficient (Wildman–Crippen LogP) is 1.53. The number of aryl methyl sites for hydroxylation is 1. The Morgan fingerprint density at radius 2 is 2.35 bits per heavy atom. The second kappa shape index (κ2) is 7.86. The van der Waals surface area contributed by atoms with Crippen molar-refractivity contribution in [2.24, 2.45) is 5.92 Å². The van der Waals surface area contributed by atoms with E-state index in [1.807, 2.05) is 12.1 Å². The molecule has 138 valence electrons. The molecule has 1 aromatic heterocycles. The number of ether oxygens (including phenoxy) is 1. The third-order valence-corrected chi connectivity index (χ3v) is 5.04. The molecule has 1 unspecified atom stereocenters. The van der Waals surface area contributed by atoms with Crippen molar-refractivity contribution in [3.8, 4) is 5.75 Å². The zero-order valence-electron chi connectivity index (χ0n) is 14.9. The zero-order chi connectivity index (χ0) is 17.8. The van der Waals surface area contributed by atoms with E-state index in [-0.39, 0.29) is 5.91 Å². The first-order chi connectivity index (χ1) is 12.8. The van der Waals surface area contributed by atoms with Crippen LogP contribution in [0.4, 0.5) is 0 Å². The van der Waals surface area contributed by atoms with E-state index in [1.165, 1.54) is 18.4 Å². The lowest BCUT2D eigenvalue weighted by Crippen LogP contribution is -2.32. The normalized spacial score (nSPS) is 19.5. The van der Waals surface area contributed by atoms with Crippen molar-refractivity contribution >= 4 is 5.91 Å². The summed E-state index contributed by atoms with van der Waals surface area (Å²) in [7, 11) is 0. The molecule has 2 aliphatic heterocycles. The van der Waals surface area contributed by atoms with Crippen molar-refractivity contribution in [3.05, 3.63) is 41.2 Å². The number of nitrogens with zero attached hydrogens (tertiary/aromatic N) is 3. The molecule has 1 saturated heterocycles. The topological polar surface area (TPSA) is 81.1 Å². The molecule has 4 rings (SSSR count). The lowest BCUT2D eigenvalue weighted by Gasteiger charge is -2.22. The summed E-state index contributed by atoms with van der Waals surface area (Å²) >= 11 is 0. The van der Waals surface area contributed by atoms with Crippen LogP contribution in [0.2, 0.25) is 0 Å². The zero-order valence-corrected chi connectivity index (χ0v) is 14.9. The van der Waals surface area contributed by atoms with Crippen molar-refractivity contribution in [2.45, 2.75) is 38.8 Å². The average molecular weight is 355 g/mol. The molecule has 2 aromatic rings. The fourth-order valence-corrected chi connectivity index (χ4v) is 3.63. The average Bonchev–Trinajstić information content (AvgIpc) is 3.15. The SMILES string of the molecule is O=C(NCc1ccc2c(c1)CCCO2)c1cn(CC2CCCNC2)nn1. The van der Waals surface area contributed by atoms with E-state index in [0.717, 1.165) is 50.4 Å². The summed E-state index contributed by atoms with van der Waals surface area (Å²) < 4.78 is 7.41. The number of fused-ring (bicyclic) bond motifs is 1. The Kier molecular flexibility index (Phi) is 5.15. The molecule has 1 fully saturated rings. The Bertz CT molecular complexity index is 767. The molecular weight excluding hydrogens is 330 g/mol. The minimum Gasteiger partial charge on any atom is -0.493 e. The molecule has 0 aliphatic carbocycles. The second-order valence-corrected chi connectivity index (χ2v) is 7.11. The van der Waals surface area contributed by atoms with E-state index >= 15 is 0 Å². The third-order valence-electron chi connectivity index (χ3n) is 5.04. The summed E-state index contributed by atoms with van der Waals surface area (Å²) in [5.41, 5.74) is 2.66. The second-order valence-electron chi connectivity index (χ2n) is 7.11. The first kappa shape index (κ1) is 17.0. The number of hydrogen-bond donors (Lipinski definition) is 2. The van der Waals surface area contributed by atoms with Gasteiger partial charge in [-0.05, 0) is 61.9 Å². The molecule has 3 heterocycles. The van der Waals surface area contributed by atoms with Crippen molar-refractivity contribution in [1.82, 2.24) is 25.6 Å². The number of carbonyl (C=O) groups excluding carboxylic acids is 1. The molecule has 2 aliphatic rings. The van der Waals surface area contributed by atoms with Crippen LogP contribution in [-0.2, 0) is 19.5 Å². The van der Waals surface area contributed by atoms with Gasteiger partial charge < -0.3 is 15.4 Å². The van der Waals surface area contributed by atoms with Gasteiger partial charge in [0.05, 0.1) is 12.8 Å². The number of carbonyl (C=O) groups is 1. The number of amides is 1. The van der Waals surface area contributed by atoms with Gasteiger partial charge in [-0.2, -0.15) is 0 Å². The van der Waals surface area contributed by atoms with Gasteiger partial charge in [0.25, 0.3) is 5.91 Å². The van der Waals surface area contributed by atoms with Crippen LogP contribution in [0.25, 0.3) is 0 Å². The lowest BCUT2D eigenvalue weighted by atomic mass is 10.00. The van der Waals surface area contributed by atoms with Gasteiger partial charge in [0, 0.05) is 13.1 Å². The summed E-state index contributed by atoms with van der Waals surface area (Å²) in [4.78, 5) is 12.3. The van der Waals surface area contributed by atoms with E-state index in [4.69, 9.17) is 4.74 Å². The Balaban J connectivity index is 1.32. The van der Waals surface area contributed by atoms with E-state index in [2.05, 4.69) is 27.0 Å². The maximum atomic E-state index is 12.3. The minimum atomic E-state index is -0.188. The summed E-state index contributed by atoms with van der Waals surface area (Å²) in [5.74, 6) is 1.33. The molecule has 1 amide bonds. The van der Waals surface area contributed by atoms with Gasteiger partial charge in [-0.3, -0.25) is 9.48 Å². The highest BCUT2D eigenvalue weighted by molar-refractivity contribution is 5.91. The molecular formula is C19H25N5O2.